The Kier molecular flexibility index (Phi) is 3.79. The molecular formula is C12H8Br2FNO. The molecule has 0 aliphatic rings. The average Bonchev–Trinajstić information content (AvgIpc) is 2.27. The maximum atomic E-state index is 13.1. The Bertz CT molecular complexity index is 560. The van der Waals surface area contributed by atoms with Gasteiger partial charge in [-0.05, 0) is 62.5 Å². The zero-order valence-corrected chi connectivity index (χ0v) is 12.0. The van der Waals surface area contributed by atoms with Crippen LogP contribution in [0.1, 0.15) is 5.56 Å². The van der Waals surface area contributed by atoms with Crippen LogP contribution >= 0.6 is 31.9 Å². The lowest BCUT2D eigenvalue weighted by Crippen LogP contribution is -1.91. The molecule has 0 spiro atoms. The minimum atomic E-state index is -0.355. The molecule has 2 rings (SSSR count). The van der Waals surface area contributed by atoms with Crippen LogP contribution in [0.4, 0.5) is 4.39 Å². The molecule has 2 nitrogen and oxygen atoms in total. The average molecular weight is 361 g/mol. The number of hydrogen-bond acceptors (Lipinski definition) is 2. The third-order valence-electron chi connectivity index (χ3n) is 2.04. The molecule has 1 aromatic carbocycles. The highest BCUT2D eigenvalue weighted by Gasteiger charge is 2.08. The van der Waals surface area contributed by atoms with Gasteiger partial charge < -0.3 is 4.74 Å². The van der Waals surface area contributed by atoms with Crippen LogP contribution in [-0.2, 0) is 0 Å². The molecule has 0 unspecified atom stereocenters. The van der Waals surface area contributed by atoms with Gasteiger partial charge in [0.2, 0.25) is 5.88 Å². The summed E-state index contributed by atoms with van der Waals surface area (Å²) in [5.74, 6) is 0.440. The molecule has 5 heteroatoms. The molecule has 2 aromatic rings. The summed E-state index contributed by atoms with van der Waals surface area (Å²) in [4.78, 5) is 4.13. The normalized spacial score (nSPS) is 10.4. The lowest BCUT2D eigenvalue weighted by molar-refractivity contribution is 0.452. The second-order valence-electron chi connectivity index (χ2n) is 3.48. The first-order valence-electron chi connectivity index (χ1n) is 4.81. The highest BCUT2D eigenvalue weighted by atomic mass is 79.9. The van der Waals surface area contributed by atoms with Gasteiger partial charge in [0, 0.05) is 12.3 Å². The summed E-state index contributed by atoms with van der Waals surface area (Å²) >= 11 is 6.64. The zero-order valence-electron chi connectivity index (χ0n) is 8.88. The molecule has 88 valence electrons. The lowest BCUT2D eigenvalue weighted by atomic mass is 10.3. The third kappa shape index (κ3) is 3.04. The van der Waals surface area contributed by atoms with Crippen molar-refractivity contribution < 1.29 is 9.13 Å². The first-order chi connectivity index (χ1) is 8.06. The SMILES string of the molecule is Cc1cnc(Oc2cc(F)ccc2Br)c(Br)c1. The second-order valence-corrected chi connectivity index (χ2v) is 5.19. The van der Waals surface area contributed by atoms with E-state index in [0.717, 1.165) is 10.0 Å². The Labute approximate surface area is 115 Å². The summed E-state index contributed by atoms with van der Waals surface area (Å²) in [5, 5.41) is 0. The van der Waals surface area contributed by atoms with Crippen molar-refractivity contribution in [2.75, 3.05) is 0 Å². The largest absolute Gasteiger partial charge is 0.437 e. The molecule has 0 saturated carbocycles. The van der Waals surface area contributed by atoms with Gasteiger partial charge in [-0.25, -0.2) is 9.37 Å². The molecule has 0 aliphatic carbocycles. The van der Waals surface area contributed by atoms with Crippen LogP contribution in [-0.4, -0.2) is 4.98 Å². The quantitative estimate of drug-likeness (QED) is 0.763. The van der Waals surface area contributed by atoms with Gasteiger partial charge in [-0.3, -0.25) is 0 Å². The van der Waals surface area contributed by atoms with E-state index < -0.39 is 0 Å². The van der Waals surface area contributed by atoms with Crippen molar-refractivity contribution in [2.45, 2.75) is 6.92 Å². The Balaban J connectivity index is 2.34. The number of ether oxygens (including phenoxy) is 1. The molecule has 1 aromatic heterocycles. The van der Waals surface area contributed by atoms with Crippen LogP contribution in [0.25, 0.3) is 0 Å². The minimum absolute atomic E-state index is 0.355. The number of rotatable bonds is 2. The van der Waals surface area contributed by atoms with Crippen molar-refractivity contribution in [3.8, 4) is 11.6 Å². The fraction of sp³-hybridized carbons (Fsp3) is 0.0833. The number of aromatic nitrogens is 1. The van der Waals surface area contributed by atoms with E-state index in [1.54, 1.807) is 12.3 Å². The summed E-state index contributed by atoms with van der Waals surface area (Å²) in [5.41, 5.74) is 1.02. The topological polar surface area (TPSA) is 22.1 Å². The van der Waals surface area contributed by atoms with Crippen molar-refractivity contribution in [3.05, 3.63) is 50.8 Å². The highest BCUT2D eigenvalue weighted by molar-refractivity contribution is 9.11. The van der Waals surface area contributed by atoms with Gasteiger partial charge in [0.15, 0.2) is 0 Å². The molecule has 0 atom stereocenters. The van der Waals surface area contributed by atoms with E-state index in [4.69, 9.17) is 4.74 Å². The molecule has 0 amide bonds. The van der Waals surface area contributed by atoms with E-state index >= 15 is 0 Å². The van der Waals surface area contributed by atoms with Gasteiger partial charge in [-0.15, -0.1) is 0 Å². The predicted molar refractivity (Wildman–Crippen MR) is 70.8 cm³/mol. The Morgan fingerprint density at radius 1 is 1.18 bits per heavy atom. The summed E-state index contributed by atoms with van der Waals surface area (Å²) < 4.78 is 20.0. The van der Waals surface area contributed by atoms with E-state index in [9.17, 15) is 4.39 Å². The predicted octanol–water partition coefficient (Wildman–Crippen LogP) is 4.85. The van der Waals surface area contributed by atoms with Crippen LogP contribution in [0.15, 0.2) is 39.4 Å². The summed E-state index contributed by atoms with van der Waals surface area (Å²) in [7, 11) is 0. The van der Waals surface area contributed by atoms with Crippen molar-refractivity contribution in [3.63, 3.8) is 0 Å². The van der Waals surface area contributed by atoms with Crippen molar-refractivity contribution in [2.24, 2.45) is 0 Å². The summed E-state index contributed by atoms with van der Waals surface area (Å²) in [6.07, 6.45) is 1.69. The molecular weight excluding hydrogens is 353 g/mol. The van der Waals surface area contributed by atoms with Crippen molar-refractivity contribution in [1.29, 1.82) is 0 Å². The molecule has 0 saturated heterocycles. The summed E-state index contributed by atoms with van der Waals surface area (Å²) in [6, 6.07) is 6.13. The van der Waals surface area contributed by atoms with Gasteiger partial charge in [-0.1, -0.05) is 0 Å². The van der Waals surface area contributed by atoms with Gasteiger partial charge in [0.1, 0.15) is 11.6 Å². The number of halogens is 3. The van der Waals surface area contributed by atoms with Crippen LogP contribution < -0.4 is 4.74 Å². The maximum absolute atomic E-state index is 13.1. The van der Waals surface area contributed by atoms with E-state index in [1.165, 1.54) is 12.1 Å². The Morgan fingerprint density at radius 2 is 1.94 bits per heavy atom. The van der Waals surface area contributed by atoms with E-state index in [1.807, 2.05) is 13.0 Å². The van der Waals surface area contributed by atoms with Crippen LogP contribution in [0.3, 0.4) is 0 Å². The second kappa shape index (κ2) is 5.14. The first kappa shape index (κ1) is 12.5. The smallest absolute Gasteiger partial charge is 0.233 e. The third-order valence-corrected chi connectivity index (χ3v) is 3.27. The van der Waals surface area contributed by atoms with Crippen molar-refractivity contribution >= 4 is 31.9 Å². The summed E-state index contributed by atoms with van der Waals surface area (Å²) in [6.45, 7) is 1.93. The van der Waals surface area contributed by atoms with E-state index in [2.05, 4.69) is 36.8 Å². The fourth-order valence-corrected chi connectivity index (χ4v) is 2.13. The molecule has 0 aliphatic heterocycles. The molecule has 0 radical (unpaired) electrons. The fourth-order valence-electron chi connectivity index (χ4n) is 1.26. The molecule has 1 heterocycles. The molecule has 0 bridgehead atoms. The van der Waals surface area contributed by atoms with Gasteiger partial charge in [0.25, 0.3) is 0 Å². The molecule has 0 N–H and O–H groups in total. The Hall–Kier alpha value is -0.940. The lowest BCUT2D eigenvalue weighted by Gasteiger charge is -2.08. The van der Waals surface area contributed by atoms with Gasteiger partial charge in [-0.2, -0.15) is 0 Å². The van der Waals surface area contributed by atoms with E-state index in [-0.39, 0.29) is 5.82 Å². The monoisotopic (exact) mass is 359 g/mol. The van der Waals surface area contributed by atoms with Gasteiger partial charge in [0.05, 0.1) is 8.95 Å². The number of benzene rings is 1. The minimum Gasteiger partial charge on any atom is -0.437 e. The number of nitrogens with zero attached hydrogens (tertiary/aromatic N) is 1. The van der Waals surface area contributed by atoms with Crippen LogP contribution in [0.5, 0.6) is 11.6 Å². The first-order valence-corrected chi connectivity index (χ1v) is 6.40. The van der Waals surface area contributed by atoms with Gasteiger partial charge >= 0.3 is 0 Å². The number of hydrogen-bond donors (Lipinski definition) is 0. The standard InChI is InChI=1S/C12H8Br2FNO/c1-7-4-10(14)12(16-6-7)17-11-5-8(15)2-3-9(11)13/h2-6H,1H3. The number of aryl methyl sites for hydroxylation is 1. The van der Waals surface area contributed by atoms with Crippen LogP contribution in [0, 0.1) is 12.7 Å². The maximum Gasteiger partial charge on any atom is 0.233 e. The van der Waals surface area contributed by atoms with E-state index in [0.29, 0.717) is 16.1 Å². The highest BCUT2D eigenvalue weighted by Crippen LogP contribution is 2.33. The molecule has 0 fully saturated rings. The zero-order chi connectivity index (χ0) is 12.4. The Morgan fingerprint density at radius 3 is 2.65 bits per heavy atom. The van der Waals surface area contributed by atoms with Crippen molar-refractivity contribution in [1.82, 2.24) is 4.98 Å². The van der Waals surface area contributed by atoms with Crippen LogP contribution in [0.2, 0.25) is 0 Å². The molecule has 17 heavy (non-hydrogen) atoms. The number of pyridine rings is 1.